The third-order valence-electron chi connectivity index (χ3n) is 3.12. The summed E-state index contributed by atoms with van der Waals surface area (Å²) in [7, 11) is 0. The molecular weight excluding hydrogens is 298 g/mol. The number of fused-ring (bicyclic) bond motifs is 1. The number of aromatic nitrogens is 2. The minimum atomic E-state index is -0.544. The lowest BCUT2D eigenvalue weighted by molar-refractivity contribution is 0.640. The molecule has 100 valence electrons. The van der Waals surface area contributed by atoms with Gasteiger partial charge in [0.15, 0.2) is 5.82 Å². The van der Waals surface area contributed by atoms with Crippen LogP contribution in [0.3, 0.4) is 0 Å². The van der Waals surface area contributed by atoms with Gasteiger partial charge in [0, 0.05) is 6.20 Å². The lowest BCUT2D eigenvalue weighted by Crippen LogP contribution is -1.96. The summed E-state index contributed by atoms with van der Waals surface area (Å²) in [5.41, 5.74) is 2.48. The highest BCUT2D eigenvalue weighted by Gasteiger charge is 2.17. The molecule has 0 aliphatic heterocycles. The molecule has 0 saturated carbocycles. The maximum Gasteiger partial charge on any atom is 0.152 e. The second kappa shape index (κ2) is 5.00. The van der Waals surface area contributed by atoms with Crippen molar-refractivity contribution >= 4 is 34.1 Å². The second-order valence-electron chi connectivity index (χ2n) is 4.37. The second-order valence-corrected chi connectivity index (χ2v) is 5.16. The van der Waals surface area contributed by atoms with Crippen molar-refractivity contribution in [2.24, 2.45) is 0 Å². The summed E-state index contributed by atoms with van der Waals surface area (Å²) in [6.07, 6.45) is 1.68. The first-order valence-corrected chi connectivity index (χ1v) is 6.70. The van der Waals surface area contributed by atoms with Crippen LogP contribution in [0.1, 0.15) is 5.56 Å². The van der Waals surface area contributed by atoms with Crippen molar-refractivity contribution in [3.63, 3.8) is 0 Å². The van der Waals surface area contributed by atoms with Gasteiger partial charge in [0.05, 0.1) is 32.3 Å². The highest BCUT2D eigenvalue weighted by Crippen LogP contribution is 2.35. The quantitative estimate of drug-likeness (QED) is 0.628. The van der Waals surface area contributed by atoms with E-state index in [1.165, 1.54) is 6.07 Å². The van der Waals surface area contributed by atoms with Gasteiger partial charge in [-0.3, -0.25) is 4.98 Å². The molecule has 3 aromatic rings. The first kappa shape index (κ1) is 13.3. The van der Waals surface area contributed by atoms with Crippen LogP contribution >= 0.6 is 23.2 Å². The number of hydrogen-bond acceptors (Lipinski definition) is 2. The van der Waals surface area contributed by atoms with Crippen LogP contribution in [0, 0.1) is 12.7 Å². The summed E-state index contributed by atoms with van der Waals surface area (Å²) >= 11 is 12.1. The fourth-order valence-corrected chi connectivity index (χ4v) is 2.52. The van der Waals surface area contributed by atoms with E-state index in [1.807, 2.05) is 18.2 Å². The zero-order valence-electron chi connectivity index (χ0n) is 10.5. The Morgan fingerprint density at radius 3 is 2.60 bits per heavy atom. The van der Waals surface area contributed by atoms with E-state index in [2.05, 4.69) is 9.97 Å². The van der Waals surface area contributed by atoms with Crippen LogP contribution in [0.4, 0.5) is 4.39 Å². The van der Waals surface area contributed by atoms with E-state index < -0.39 is 5.82 Å². The van der Waals surface area contributed by atoms with E-state index in [0.717, 1.165) is 0 Å². The lowest BCUT2D eigenvalue weighted by Gasteiger charge is -2.11. The molecule has 2 nitrogen and oxygen atoms in total. The van der Waals surface area contributed by atoms with Gasteiger partial charge in [0.2, 0.25) is 0 Å². The predicted octanol–water partition coefficient (Wildman–Crippen LogP) is 5.05. The molecule has 0 saturated heterocycles. The van der Waals surface area contributed by atoms with Crippen molar-refractivity contribution in [1.29, 1.82) is 0 Å². The van der Waals surface area contributed by atoms with Crippen LogP contribution in [0.2, 0.25) is 10.0 Å². The summed E-state index contributed by atoms with van der Waals surface area (Å²) in [6.45, 7) is 1.79. The predicted molar refractivity (Wildman–Crippen MR) is 79.7 cm³/mol. The Labute approximate surface area is 125 Å². The Kier molecular flexibility index (Phi) is 3.32. The molecule has 0 aliphatic carbocycles. The SMILES string of the molecule is Cc1c(-c2ccccn2)nc2ccc(Cl)c(F)c2c1Cl. The summed E-state index contributed by atoms with van der Waals surface area (Å²) in [5.74, 6) is -0.544. The van der Waals surface area contributed by atoms with Gasteiger partial charge in [-0.25, -0.2) is 9.37 Å². The molecule has 0 aliphatic rings. The van der Waals surface area contributed by atoms with E-state index >= 15 is 0 Å². The molecule has 5 heteroatoms. The number of nitrogens with zero attached hydrogens (tertiary/aromatic N) is 2. The normalized spacial score (nSPS) is 11.0. The number of rotatable bonds is 1. The highest BCUT2D eigenvalue weighted by molar-refractivity contribution is 6.37. The van der Waals surface area contributed by atoms with Crippen LogP contribution < -0.4 is 0 Å². The molecule has 0 radical (unpaired) electrons. The Morgan fingerprint density at radius 1 is 1.10 bits per heavy atom. The van der Waals surface area contributed by atoms with Gasteiger partial charge in [-0.2, -0.15) is 0 Å². The fraction of sp³-hybridized carbons (Fsp3) is 0.0667. The van der Waals surface area contributed by atoms with E-state index in [-0.39, 0.29) is 10.4 Å². The maximum atomic E-state index is 14.1. The molecule has 2 heterocycles. The van der Waals surface area contributed by atoms with Crippen LogP contribution in [0.25, 0.3) is 22.3 Å². The topological polar surface area (TPSA) is 25.8 Å². The zero-order valence-corrected chi connectivity index (χ0v) is 12.0. The summed E-state index contributed by atoms with van der Waals surface area (Å²) in [5, 5.41) is 0.596. The monoisotopic (exact) mass is 306 g/mol. The van der Waals surface area contributed by atoms with Gasteiger partial charge >= 0.3 is 0 Å². The zero-order chi connectivity index (χ0) is 14.3. The molecule has 0 bridgehead atoms. The Hall–Kier alpha value is -1.71. The van der Waals surface area contributed by atoms with Gasteiger partial charge in [-0.05, 0) is 36.8 Å². The van der Waals surface area contributed by atoms with Gasteiger partial charge in [0.1, 0.15) is 0 Å². The molecule has 0 spiro atoms. The molecule has 0 N–H and O–H groups in total. The molecule has 0 amide bonds. The molecular formula is C15H9Cl2FN2. The van der Waals surface area contributed by atoms with Crippen LogP contribution in [0.5, 0.6) is 0 Å². The standard InChI is InChI=1S/C15H9Cl2FN2/c1-8-13(17)12-10(6-5-9(16)14(12)18)20-15(8)11-4-2-3-7-19-11/h2-7H,1H3. The summed E-state index contributed by atoms with van der Waals surface area (Å²) < 4.78 is 14.1. The maximum absolute atomic E-state index is 14.1. The number of halogens is 3. The van der Waals surface area contributed by atoms with E-state index in [0.29, 0.717) is 27.5 Å². The average molecular weight is 307 g/mol. The Bertz CT molecular complexity index is 804. The first-order valence-electron chi connectivity index (χ1n) is 5.95. The van der Waals surface area contributed by atoms with Gasteiger partial charge in [-0.1, -0.05) is 29.3 Å². The van der Waals surface area contributed by atoms with Crippen LogP contribution in [0.15, 0.2) is 36.5 Å². The molecule has 3 rings (SSSR count). The van der Waals surface area contributed by atoms with E-state index in [1.54, 1.807) is 19.2 Å². The molecule has 20 heavy (non-hydrogen) atoms. The van der Waals surface area contributed by atoms with Crippen molar-refractivity contribution in [1.82, 2.24) is 9.97 Å². The van der Waals surface area contributed by atoms with Gasteiger partial charge < -0.3 is 0 Å². The summed E-state index contributed by atoms with van der Waals surface area (Å²) in [6, 6.07) is 8.65. The minimum absolute atomic E-state index is 0.0335. The van der Waals surface area contributed by atoms with Crippen molar-refractivity contribution in [2.45, 2.75) is 6.92 Å². The lowest BCUT2D eigenvalue weighted by atomic mass is 10.1. The van der Waals surface area contributed by atoms with Crippen LogP contribution in [-0.2, 0) is 0 Å². The van der Waals surface area contributed by atoms with Crippen molar-refractivity contribution < 1.29 is 4.39 Å². The fourth-order valence-electron chi connectivity index (χ4n) is 2.09. The highest BCUT2D eigenvalue weighted by atomic mass is 35.5. The molecule has 1 aromatic carbocycles. The van der Waals surface area contributed by atoms with Gasteiger partial charge in [0.25, 0.3) is 0 Å². The third-order valence-corrected chi connectivity index (χ3v) is 3.88. The number of hydrogen-bond donors (Lipinski definition) is 0. The molecule has 0 atom stereocenters. The Balaban J connectivity index is 2.38. The van der Waals surface area contributed by atoms with Crippen molar-refractivity contribution in [3.8, 4) is 11.4 Å². The van der Waals surface area contributed by atoms with E-state index in [9.17, 15) is 4.39 Å². The number of pyridine rings is 2. The van der Waals surface area contributed by atoms with Crippen molar-refractivity contribution in [2.75, 3.05) is 0 Å². The minimum Gasteiger partial charge on any atom is -0.255 e. The number of benzene rings is 1. The average Bonchev–Trinajstić information content (AvgIpc) is 2.47. The molecule has 2 aromatic heterocycles. The molecule has 0 unspecified atom stereocenters. The first-order chi connectivity index (χ1) is 9.59. The van der Waals surface area contributed by atoms with Gasteiger partial charge in [-0.15, -0.1) is 0 Å². The van der Waals surface area contributed by atoms with Crippen LogP contribution in [-0.4, -0.2) is 9.97 Å². The largest absolute Gasteiger partial charge is 0.255 e. The molecule has 0 fully saturated rings. The smallest absolute Gasteiger partial charge is 0.152 e. The van der Waals surface area contributed by atoms with E-state index in [4.69, 9.17) is 23.2 Å². The third kappa shape index (κ3) is 2.03. The summed E-state index contributed by atoms with van der Waals surface area (Å²) in [4.78, 5) is 8.72. The van der Waals surface area contributed by atoms with Crippen molar-refractivity contribution in [3.05, 3.63) is 58.0 Å². The Morgan fingerprint density at radius 2 is 1.90 bits per heavy atom.